The van der Waals surface area contributed by atoms with Gasteiger partial charge in [0.15, 0.2) is 0 Å². The first kappa shape index (κ1) is 27.0. The molecule has 8 heteroatoms. The van der Waals surface area contributed by atoms with Crippen molar-refractivity contribution in [3.63, 3.8) is 0 Å². The van der Waals surface area contributed by atoms with Gasteiger partial charge in [-0.25, -0.2) is 4.79 Å². The van der Waals surface area contributed by atoms with Crippen molar-refractivity contribution in [2.75, 3.05) is 13.7 Å². The fourth-order valence-corrected chi connectivity index (χ4v) is 5.25. The van der Waals surface area contributed by atoms with Crippen LogP contribution in [0.4, 0.5) is 8.78 Å². The van der Waals surface area contributed by atoms with E-state index in [1.54, 1.807) is 18.2 Å². The first-order chi connectivity index (χ1) is 16.7. The molecule has 3 rings (SSSR count). The number of methoxy groups -OCH3 is 1. The van der Waals surface area contributed by atoms with Gasteiger partial charge in [0.1, 0.15) is 4.88 Å². The number of rotatable bonds is 12. The fourth-order valence-electron chi connectivity index (χ4n) is 4.28. The minimum Gasteiger partial charge on any atom is -0.465 e. The number of nitrogens with zero attached hydrogens (tertiary/aromatic N) is 1. The molecule has 0 spiro atoms. The number of aryl methyl sites for hydroxylation is 2. The van der Waals surface area contributed by atoms with Crippen LogP contribution in [0.2, 0.25) is 0 Å². The van der Waals surface area contributed by atoms with E-state index in [2.05, 4.69) is 12.1 Å². The third-order valence-electron chi connectivity index (χ3n) is 6.39. The van der Waals surface area contributed by atoms with Gasteiger partial charge in [0.05, 0.1) is 19.3 Å². The minimum absolute atomic E-state index is 0.0242. The summed E-state index contributed by atoms with van der Waals surface area (Å²) in [6.07, 6.45) is 5.47. The van der Waals surface area contributed by atoms with E-state index in [4.69, 9.17) is 4.74 Å². The third-order valence-corrected chi connectivity index (χ3v) is 7.52. The number of aliphatic hydroxyl groups is 1. The molecule has 1 aliphatic heterocycles. The van der Waals surface area contributed by atoms with Crippen molar-refractivity contribution in [2.24, 2.45) is 5.92 Å². The average molecular weight is 506 g/mol. The Morgan fingerprint density at radius 1 is 1.23 bits per heavy atom. The van der Waals surface area contributed by atoms with Crippen molar-refractivity contribution in [3.05, 3.63) is 69.9 Å². The molecule has 1 aromatic heterocycles. The third kappa shape index (κ3) is 7.45. The molecule has 1 amide bonds. The smallest absolute Gasteiger partial charge is 0.348 e. The van der Waals surface area contributed by atoms with Crippen LogP contribution in [-0.4, -0.2) is 53.6 Å². The normalized spacial score (nSPS) is 19.3. The maximum absolute atomic E-state index is 14.2. The number of alkyl halides is 2. The zero-order valence-corrected chi connectivity index (χ0v) is 21.0. The van der Waals surface area contributed by atoms with Crippen LogP contribution in [0.25, 0.3) is 0 Å². The van der Waals surface area contributed by atoms with E-state index in [0.717, 1.165) is 24.1 Å². The van der Waals surface area contributed by atoms with Gasteiger partial charge < -0.3 is 14.7 Å². The molecule has 1 aromatic carbocycles. The van der Waals surface area contributed by atoms with Gasteiger partial charge in [-0.1, -0.05) is 49.4 Å². The molecule has 3 atom stereocenters. The largest absolute Gasteiger partial charge is 0.465 e. The van der Waals surface area contributed by atoms with E-state index in [-0.39, 0.29) is 12.5 Å². The van der Waals surface area contributed by atoms with Gasteiger partial charge in [-0.3, -0.25) is 4.79 Å². The van der Waals surface area contributed by atoms with Gasteiger partial charge in [-0.15, -0.1) is 11.3 Å². The van der Waals surface area contributed by atoms with E-state index >= 15 is 0 Å². The lowest BCUT2D eigenvalue weighted by Gasteiger charge is -2.22. The lowest BCUT2D eigenvalue weighted by atomic mass is 9.95. The Morgan fingerprint density at radius 3 is 2.69 bits per heavy atom. The van der Waals surface area contributed by atoms with Crippen LogP contribution in [0.1, 0.15) is 52.7 Å². The number of ether oxygens (including phenoxy) is 1. The quantitative estimate of drug-likeness (QED) is 0.315. The van der Waals surface area contributed by atoms with Crippen molar-refractivity contribution in [1.29, 1.82) is 0 Å². The van der Waals surface area contributed by atoms with Gasteiger partial charge in [-0.2, -0.15) is 8.78 Å². The van der Waals surface area contributed by atoms with E-state index in [9.17, 15) is 23.5 Å². The lowest BCUT2D eigenvalue weighted by Crippen LogP contribution is -2.36. The van der Waals surface area contributed by atoms with Crippen LogP contribution in [0, 0.1) is 5.92 Å². The Bertz CT molecular complexity index is 1010. The summed E-state index contributed by atoms with van der Waals surface area (Å²) in [6, 6.07) is 12.9. The second-order valence-corrected chi connectivity index (χ2v) is 10.2. The van der Waals surface area contributed by atoms with Crippen LogP contribution < -0.4 is 0 Å². The highest BCUT2D eigenvalue weighted by Gasteiger charge is 2.52. The summed E-state index contributed by atoms with van der Waals surface area (Å²) in [4.78, 5) is 26.5. The summed E-state index contributed by atoms with van der Waals surface area (Å²) < 4.78 is 33.1. The molecule has 1 aliphatic rings. The number of likely N-dealkylation sites (tertiary alicyclic amines) is 1. The Labute approximate surface area is 209 Å². The average Bonchev–Trinajstić information content (AvgIpc) is 3.40. The molecular weight excluding hydrogens is 472 g/mol. The second kappa shape index (κ2) is 12.4. The van der Waals surface area contributed by atoms with Crippen molar-refractivity contribution < 1.29 is 28.2 Å². The van der Waals surface area contributed by atoms with E-state index in [0.29, 0.717) is 17.7 Å². The highest BCUT2D eigenvalue weighted by atomic mass is 32.1. The topological polar surface area (TPSA) is 66.8 Å². The molecular formula is C27H33F2NO4S. The number of halogens is 2. The van der Waals surface area contributed by atoms with Gasteiger partial charge in [0.25, 0.3) is 5.91 Å². The SMILES string of the molecule is COC(=O)c1ccc(CCCN2C(=O)C(F)(F)C[C@@H]2/C=C/[C@H](O)[C@@H](C)CCCc2ccccc2)s1. The molecule has 0 aliphatic carbocycles. The summed E-state index contributed by atoms with van der Waals surface area (Å²) in [7, 11) is 1.32. The number of aliphatic hydroxyl groups excluding tert-OH is 1. The number of amides is 1. The Balaban J connectivity index is 1.51. The van der Waals surface area contributed by atoms with Gasteiger partial charge in [0, 0.05) is 17.8 Å². The molecule has 0 radical (unpaired) electrons. The number of thiophene rings is 1. The van der Waals surface area contributed by atoms with Crippen LogP contribution in [0.15, 0.2) is 54.6 Å². The van der Waals surface area contributed by atoms with Crippen molar-refractivity contribution in [3.8, 4) is 0 Å². The summed E-state index contributed by atoms with van der Waals surface area (Å²) in [6.45, 7) is 2.12. The molecule has 0 saturated carbocycles. The molecule has 2 aromatic rings. The van der Waals surface area contributed by atoms with E-state index < -0.39 is 36.4 Å². The van der Waals surface area contributed by atoms with Crippen LogP contribution >= 0.6 is 11.3 Å². The molecule has 2 heterocycles. The van der Waals surface area contributed by atoms with Crippen LogP contribution in [-0.2, 0) is 22.4 Å². The fraction of sp³-hybridized carbons (Fsp3) is 0.481. The van der Waals surface area contributed by atoms with Crippen molar-refractivity contribution >= 4 is 23.2 Å². The lowest BCUT2D eigenvalue weighted by molar-refractivity contribution is -0.148. The number of carbonyl (C=O) groups is 2. The minimum atomic E-state index is -3.40. The number of hydrogen-bond acceptors (Lipinski definition) is 5. The Hall–Kier alpha value is -2.58. The summed E-state index contributed by atoms with van der Waals surface area (Å²) >= 11 is 1.30. The first-order valence-corrected chi connectivity index (χ1v) is 12.8. The van der Waals surface area contributed by atoms with Crippen molar-refractivity contribution in [1.82, 2.24) is 4.90 Å². The van der Waals surface area contributed by atoms with Crippen molar-refractivity contribution in [2.45, 2.75) is 63.5 Å². The van der Waals surface area contributed by atoms with E-state index in [1.165, 1.54) is 28.9 Å². The molecule has 35 heavy (non-hydrogen) atoms. The maximum atomic E-state index is 14.2. The van der Waals surface area contributed by atoms with Crippen LogP contribution in [0.3, 0.4) is 0 Å². The predicted molar refractivity (Wildman–Crippen MR) is 133 cm³/mol. The molecule has 1 saturated heterocycles. The molecule has 0 bridgehead atoms. The molecule has 0 unspecified atom stereocenters. The Kier molecular flexibility index (Phi) is 9.57. The highest BCUT2D eigenvalue weighted by molar-refractivity contribution is 7.13. The van der Waals surface area contributed by atoms with Gasteiger partial charge >= 0.3 is 11.9 Å². The first-order valence-electron chi connectivity index (χ1n) is 12.0. The van der Waals surface area contributed by atoms with Gasteiger partial charge in [-0.05, 0) is 55.7 Å². The number of carbonyl (C=O) groups excluding carboxylic acids is 2. The zero-order valence-electron chi connectivity index (χ0n) is 20.2. The Morgan fingerprint density at radius 2 is 1.97 bits per heavy atom. The molecule has 5 nitrogen and oxygen atoms in total. The number of benzene rings is 1. The van der Waals surface area contributed by atoms with Crippen LogP contribution in [0.5, 0.6) is 0 Å². The second-order valence-electron chi connectivity index (χ2n) is 9.07. The summed E-state index contributed by atoms with van der Waals surface area (Å²) in [5, 5.41) is 10.5. The maximum Gasteiger partial charge on any atom is 0.348 e. The highest BCUT2D eigenvalue weighted by Crippen LogP contribution is 2.34. The zero-order chi connectivity index (χ0) is 25.4. The molecule has 1 N–H and O–H groups in total. The molecule has 1 fully saturated rings. The number of esters is 1. The predicted octanol–water partition coefficient (Wildman–Crippen LogP) is 5.28. The summed E-state index contributed by atoms with van der Waals surface area (Å²) in [5.74, 6) is -5.00. The van der Waals surface area contributed by atoms with E-state index in [1.807, 2.05) is 31.2 Å². The monoisotopic (exact) mass is 505 g/mol. The standard InChI is InChI=1S/C27H33F2NO4S/c1-19(8-6-11-20-9-4-3-5-10-20)23(31)15-13-21-18-27(28,29)26(33)30(21)17-7-12-22-14-16-24(35-22)25(32)34-2/h3-5,9-10,13-16,19,21,23,31H,6-8,11-12,17-18H2,1-2H3/b15-13+/t19-,21-,23-/m0/s1. The number of hydrogen-bond donors (Lipinski definition) is 1. The summed E-state index contributed by atoms with van der Waals surface area (Å²) in [5.41, 5.74) is 1.25. The molecule has 190 valence electrons. The van der Waals surface area contributed by atoms with Gasteiger partial charge in [0.2, 0.25) is 0 Å².